The normalized spacial score (nSPS) is 10.8. The summed E-state index contributed by atoms with van der Waals surface area (Å²) in [5.74, 6) is -0.424. The molecule has 0 fully saturated rings. The smallest absolute Gasteiger partial charge is 0.255 e. The Morgan fingerprint density at radius 3 is 2.48 bits per heavy atom. The topological polar surface area (TPSA) is 84.0 Å². The molecule has 0 aliphatic heterocycles. The van der Waals surface area contributed by atoms with E-state index in [-0.39, 0.29) is 23.4 Å². The van der Waals surface area contributed by atoms with Gasteiger partial charge in [-0.2, -0.15) is 0 Å². The number of nitrogens with one attached hydrogen (secondary N) is 2. The van der Waals surface area contributed by atoms with E-state index < -0.39 is 5.82 Å². The van der Waals surface area contributed by atoms with Gasteiger partial charge >= 0.3 is 0 Å². The average Bonchev–Trinajstić information content (AvgIpc) is 3.15. The number of carbonyl (C=O) groups excluding carboxylic acids is 2. The summed E-state index contributed by atoms with van der Waals surface area (Å²) < 4.78 is 14.4. The Bertz CT molecular complexity index is 1010. The van der Waals surface area contributed by atoms with E-state index in [0.29, 0.717) is 16.4 Å². The van der Waals surface area contributed by atoms with E-state index in [2.05, 4.69) is 20.8 Å². The molecule has 0 aliphatic carbocycles. The lowest BCUT2D eigenvalue weighted by Crippen LogP contribution is -2.17. The Hall–Kier alpha value is -2.78. The molecule has 0 unspecified atom stereocenters. The van der Waals surface area contributed by atoms with E-state index >= 15 is 0 Å². The highest BCUT2D eigenvalue weighted by molar-refractivity contribution is 8.00. The average molecular weight is 431 g/mol. The van der Waals surface area contributed by atoms with Crippen LogP contribution in [0.1, 0.15) is 29.8 Å². The van der Waals surface area contributed by atoms with Gasteiger partial charge < -0.3 is 10.6 Å². The monoisotopic (exact) mass is 430 g/mol. The molecule has 3 rings (SSSR count). The summed E-state index contributed by atoms with van der Waals surface area (Å²) in [5.41, 5.74) is 1.59. The highest BCUT2D eigenvalue weighted by Crippen LogP contribution is 2.28. The van der Waals surface area contributed by atoms with Crippen LogP contribution in [0.15, 0.2) is 52.9 Å². The van der Waals surface area contributed by atoms with E-state index in [1.165, 1.54) is 35.2 Å². The summed E-state index contributed by atoms with van der Waals surface area (Å²) in [6.45, 7) is 3.62. The second-order valence-electron chi connectivity index (χ2n) is 6.44. The van der Waals surface area contributed by atoms with Crippen LogP contribution in [0.4, 0.5) is 15.2 Å². The van der Waals surface area contributed by atoms with Crippen LogP contribution in [-0.4, -0.2) is 22.0 Å². The number of rotatable bonds is 7. The van der Waals surface area contributed by atoms with Gasteiger partial charge in [-0.25, -0.2) is 4.39 Å². The summed E-state index contributed by atoms with van der Waals surface area (Å²) in [6.07, 6.45) is 0. The van der Waals surface area contributed by atoms with E-state index in [9.17, 15) is 14.0 Å². The van der Waals surface area contributed by atoms with Gasteiger partial charge in [0.05, 0.1) is 5.69 Å². The van der Waals surface area contributed by atoms with Gasteiger partial charge in [-0.1, -0.05) is 61.2 Å². The highest BCUT2D eigenvalue weighted by Gasteiger charge is 2.12. The summed E-state index contributed by atoms with van der Waals surface area (Å²) in [4.78, 5) is 24.0. The maximum Gasteiger partial charge on any atom is 0.255 e. The Morgan fingerprint density at radius 2 is 1.79 bits per heavy atom. The fraction of sp³-hybridized carbons (Fsp3) is 0.200. The molecule has 2 N–H and O–H groups in total. The first kappa shape index (κ1) is 20.9. The molecule has 29 heavy (non-hydrogen) atoms. The first-order valence-electron chi connectivity index (χ1n) is 8.84. The van der Waals surface area contributed by atoms with Crippen molar-refractivity contribution in [1.82, 2.24) is 10.2 Å². The van der Waals surface area contributed by atoms with Crippen LogP contribution in [0, 0.1) is 11.7 Å². The standard InChI is InChI=1S/C20H19FN4O2S2/c1-12(2)17(26)23-19-24-25-20(29-19)28-11-13-7-9-14(10-8-13)18(27)22-16-6-4-3-5-15(16)21/h3-10,12H,11H2,1-2H3,(H,22,27)(H,23,24,26). The van der Waals surface area contributed by atoms with Gasteiger partial charge in [0.15, 0.2) is 4.34 Å². The largest absolute Gasteiger partial charge is 0.319 e. The number of aromatic nitrogens is 2. The maximum absolute atomic E-state index is 13.7. The van der Waals surface area contributed by atoms with Crippen molar-refractivity contribution in [2.75, 3.05) is 10.6 Å². The molecule has 0 bridgehead atoms. The first-order valence-corrected chi connectivity index (χ1v) is 10.6. The Labute approximate surface area is 175 Å². The number of halogens is 1. The zero-order chi connectivity index (χ0) is 20.8. The van der Waals surface area contributed by atoms with Crippen molar-refractivity contribution < 1.29 is 14.0 Å². The van der Waals surface area contributed by atoms with E-state index in [1.54, 1.807) is 24.3 Å². The number of anilines is 2. The molecule has 2 aromatic carbocycles. The number of para-hydroxylation sites is 1. The molecular weight excluding hydrogens is 411 g/mol. The van der Waals surface area contributed by atoms with Gasteiger partial charge in [-0.3, -0.25) is 9.59 Å². The van der Waals surface area contributed by atoms with Gasteiger partial charge in [0.1, 0.15) is 5.82 Å². The van der Waals surface area contributed by atoms with Crippen LogP contribution < -0.4 is 10.6 Å². The summed E-state index contributed by atoms with van der Waals surface area (Å²) in [7, 11) is 0. The van der Waals surface area contributed by atoms with Gasteiger partial charge in [-0.05, 0) is 29.8 Å². The predicted molar refractivity (Wildman–Crippen MR) is 114 cm³/mol. The third-order valence-corrected chi connectivity index (χ3v) is 5.90. The SMILES string of the molecule is CC(C)C(=O)Nc1nnc(SCc2ccc(C(=O)Nc3ccccc3F)cc2)s1. The van der Waals surface area contributed by atoms with Crippen LogP contribution in [0.2, 0.25) is 0 Å². The predicted octanol–water partition coefficient (Wildman–Crippen LogP) is 4.82. The minimum Gasteiger partial charge on any atom is -0.319 e. The molecule has 0 radical (unpaired) electrons. The Kier molecular flexibility index (Phi) is 6.95. The molecule has 0 atom stereocenters. The van der Waals surface area contributed by atoms with Crippen molar-refractivity contribution in [3.63, 3.8) is 0 Å². The molecule has 0 spiro atoms. The Balaban J connectivity index is 1.54. The summed E-state index contributed by atoms with van der Waals surface area (Å²) in [5, 5.41) is 13.8. The van der Waals surface area contributed by atoms with Gasteiger partial charge in [0.25, 0.3) is 5.91 Å². The summed E-state index contributed by atoms with van der Waals surface area (Å²) in [6, 6.07) is 13.1. The Morgan fingerprint density at radius 1 is 1.07 bits per heavy atom. The van der Waals surface area contributed by atoms with Gasteiger partial charge in [0.2, 0.25) is 11.0 Å². The van der Waals surface area contributed by atoms with Crippen LogP contribution in [-0.2, 0) is 10.5 Å². The molecule has 9 heteroatoms. The molecule has 6 nitrogen and oxygen atoms in total. The zero-order valence-corrected chi connectivity index (χ0v) is 17.4. The molecular formula is C20H19FN4O2S2. The molecule has 0 aliphatic rings. The number of benzene rings is 2. The number of amides is 2. The van der Waals surface area contributed by atoms with Crippen LogP contribution >= 0.6 is 23.1 Å². The number of carbonyl (C=O) groups is 2. The highest BCUT2D eigenvalue weighted by atomic mass is 32.2. The fourth-order valence-electron chi connectivity index (χ4n) is 2.22. The maximum atomic E-state index is 13.7. The van der Waals surface area contributed by atoms with Gasteiger partial charge in [0, 0.05) is 17.2 Å². The first-order chi connectivity index (χ1) is 13.9. The zero-order valence-electron chi connectivity index (χ0n) is 15.8. The van der Waals surface area contributed by atoms with Crippen molar-refractivity contribution in [2.24, 2.45) is 5.92 Å². The molecule has 1 aromatic heterocycles. The van der Waals surface area contributed by atoms with Crippen LogP contribution in [0.25, 0.3) is 0 Å². The van der Waals surface area contributed by atoms with Crippen LogP contribution in [0.5, 0.6) is 0 Å². The third kappa shape index (κ3) is 5.85. The second-order valence-corrected chi connectivity index (χ2v) is 8.64. The molecule has 2 amide bonds. The fourth-order valence-corrected chi connectivity index (χ4v) is 3.93. The molecule has 0 saturated carbocycles. The number of nitrogens with zero attached hydrogens (tertiary/aromatic N) is 2. The van der Waals surface area contributed by atoms with Crippen molar-refractivity contribution in [2.45, 2.75) is 23.9 Å². The number of hydrogen-bond acceptors (Lipinski definition) is 6. The quantitative estimate of drug-likeness (QED) is 0.415. The molecule has 3 aromatic rings. The molecule has 1 heterocycles. The molecule has 150 valence electrons. The summed E-state index contributed by atoms with van der Waals surface area (Å²) >= 11 is 2.81. The molecule has 0 saturated heterocycles. The minimum absolute atomic E-state index is 0.0954. The van der Waals surface area contributed by atoms with E-state index in [1.807, 2.05) is 26.0 Å². The van der Waals surface area contributed by atoms with E-state index in [4.69, 9.17) is 0 Å². The number of thioether (sulfide) groups is 1. The lowest BCUT2D eigenvalue weighted by molar-refractivity contribution is -0.118. The lowest BCUT2D eigenvalue weighted by Gasteiger charge is -2.07. The number of hydrogen-bond donors (Lipinski definition) is 2. The van der Waals surface area contributed by atoms with Crippen LogP contribution in [0.3, 0.4) is 0 Å². The minimum atomic E-state index is -0.477. The van der Waals surface area contributed by atoms with Crippen molar-refractivity contribution in [3.8, 4) is 0 Å². The van der Waals surface area contributed by atoms with Crippen molar-refractivity contribution in [1.29, 1.82) is 0 Å². The third-order valence-electron chi connectivity index (χ3n) is 3.86. The second kappa shape index (κ2) is 9.62. The van der Waals surface area contributed by atoms with E-state index in [0.717, 1.165) is 9.90 Å². The van der Waals surface area contributed by atoms with Crippen molar-refractivity contribution in [3.05, 3.63) is 65.5 Å². The lowest BCUT2D eigenvalue weighted by atomic mass is 10.1. The van der Waals surface area contributed by atoms with Crippen molar-refractivity contribution >= 4 is 45.7 Å². The van der Waals surface area contributed by atoms with Gasteiger partial charge in [-0.15, -0.1) is 10.2 Å².